The Labute approximate surface area is 136 Å². The molecular weight excluding hydrogens is 284 g/mol. The van der Waals surface area contributed by atoms with Crippen molar-refractivity contribution in [2.24, 2.45) is 5.92 Å². The molecule has 2 aromatic heterocycles. The molecule has 0 saturated carbocycles. The molecular formula is C19H22N4. The molecule has 0 amide bonds. The van der Waals surface area contributed by atoms with Gasteiger partial charge in [0.25, 0.3) is 0 Å². The second-order valence-corrected chi connectivity index (χ2v) is 6.50. The summed E-state index contributed by atoms with van der Waals surface area (Å²) in [6.07, 6.45) is 4.36. The second-order valence-electron chi connectivity index (χ2n) is 6.50. The highest BCUT2D eigenvalue weighted by Gasteiger charge is 2.21. The molecule has 0 spiro atoms. The number of imidazole rings is 1. The Kier molecular flexibility index (Phi) is 3.83. The van der Waals surface area contributed by atoms with Crippen LogP contribution >= 0.6 is 0 Å². The number of hydrogen-bond acceptors (Lipinski definition) is 3. The number of aromatic nitrogens is 3. The fourth-order valence-electron chi connectivity index (χ4n) is 3.44. The van der Waals surface area contributed by atoms with E-state index in [9.17, 15) is 0 Å². The van der Waals surface area contributed by atoms with Gasteiger partial charge in [-0.25, -0.2) is 9.97 Å². The van der Waals surface area contributed by atoms with Crippen LogP contribution in [0.15, 0.2) is 48.7 Å². The molecule has 0 bridgehead atoms. The van der Waals surface area contributed by atoms with Crippen molar-refractivity contribution in [2.75, 3.05) is 20.1 Å². The predicted molar refractivity (Wildman–Crippen MR) is 93.2 cm³/mol. The van der Waals surface area contributed by atoms with Gasteiger partial charge in [0.2, 0.25) is 0 Å². The van der Waals surface area contributed by atoms with E-state index < -0.39 is 0 Å². The molecule has 0 radical (unpaired) electrons. The lowest BCUT2D eigenvalue weighted by molar-refractivity contribution is 0.206. The lowest BCUT2D eigenvalue weighted by Gasteiger charge is -2.29. The molecule has 23 heavy (non-hydrogen) atoms. The van der Waals surface area contributed by atoms with Crippen molar-refractivity contribution < 1.29 is 0 Å². The van der Waals surface area contributed by atoms with Crippen LogP contribution < -0.4 is 0 Å². The van der Waals surface area contributed by atoms with Crippen LogP contribution in [-0.4, -0.2) is 39.6 Å². The zero-order chi connectivity index (χ0) is 15.6. The Bertz CT molecular complexity index is 785. The predicted octanol–water partition coefficient (Wildman–Crippen LogP) is 3.44. The number of hydrogen-bond donors (Lipinski definition) is 0. The molecule has 4 heteroatoms. The summed E-state index contributed by atoms with van der Waals surface area (Å²) in [5.74, 6) is 1.74. The van der Waals surface area contributed by atoms with Crippen LogP contribution in [0.4, 0.5) is 0 Å². The normalized spacial score (nSPS) is 16.9. The van der Waals surface area contributed by atoms with Crippen molar-refractivity contribution in [3.63, 3.8) is 0 Å². The molecule has 1 fully saturated rings. The first-order valence-electron chi connectivity index (χ1n) is 8.36. The van der Waals surface area contributed by atoms with Gasteiger partial charge in [-0.15, -0.1) is 0 Å². The lowest BCUT2D eigenvalue weighted by Crippen LogP contribution is -2.32. The van der Waals surface area contributed by atoms with Gasteiger partial charge < -0.3 is 9.47 Å². The smallest absolute Gasteiger partial charge is 0.160 e. The van der Waals surface area contributed by atoms with E-state index in [1.165, 1.54) is 31.5 Å². The van der Waals surface area contributed by atoms with E-state index >= 15 is 0 Å². The van der Waals surface area contributed by atoms with Crippen LogP contribution in [-0.2, 0) is 6.54 Å². The average molecular weight is 306 g/mol. The minimum atomic E-state index is 0.702. The number of likely N-dealkylation sites (tertiary alicyclic amines) is 1. The van der Waals surface area contributed by atoms with Crippen molar-refractivity contribution in [3.8, 4) is 11.4 Å². The largest absolute Gasteiger partial charge is 0.308 e. The van der Waals surface area contributed by atoms with Gasteiger partial charge >= 0.3 is 0 Å². The minimum Gasteiger partial charge on any atom is -0.308 e. The van der Waals surface area contributed by atoms with Crippen molar-refractivity contribution in [3.05, 3.63) is 48.7 Å². The first kappa shape index (κ1) is 14.4. The molecule has 0 aliphatic carbocycles. The molecule has 1 aromatic carbocycles. The summed E-state index contributed by atoms with van der Waals surface area (Å²) >= 11 is 0. The summed E-state index contributed by atoms with van der Waals surface area (Å²) in [6, 6.07) is 14.5. The molecule has 3 aromatic rings. The molecule has 1 aliphatic heterocycles. The van der Waals surface area contributed by atoms with Gasteiger partial charge in [0, 0.05) is 18.3 Å². The van der Waals surface area contributed by atoms with E-state index in [1.807, 2.05) is 18.3 Å². The van der Waals surface area contributed by atoms with E-state index in [2.05, 4.69) is 51.8 Å². The molecule has 1 aliphatic rings. The Morgan fingerprint density at radius 1 is 1.04 bits per heavy atom. The number of rotatable bonds is 3. The van der Waals surface area contributed by atoms with Crippen LogP contribution in [0.2, 0.25) is 0 Å². The van der Waals surface area contributed by atoms with Crippen LogP contribution in [0, 0.1) is 5.92 Å². The number of piperidine rings is 1. The number of nitrogens with zero attached hydrogens (tertiary/aromatic N) is 4. The Morgan fingerprint density at radius 2 is 1.83 bits per heavy atom. The van der Waals surface area contributed by atoms with E-state index in [0.29, 0.717) is 5.92 Å². The summed E-state index contributed by atoms with van der Waals surface area (Å²) < 4.78 is 2.32. The lowest BCUT2D eigenvalue weighted by atomic mass is 9.97. The summed E-state index contributed by atoms with van der Waals surface area (Å²) in [4.78, 5) is 11.9. The van der Waals surface area contributed by atoms with E-state index in [1.54, 1.807) is 0 Å². The van der Waals surface area contributed by atoms with Crippen LogP contribution in [0.25, 0.3) is 22.6 Å². The number of benzene rings is 1. The molecule has 1 saturated heterocycles. The van der Waals surface area contributed by atoms with Crippen molar-refractivity contribution in [2.45, 2.75) is 19.4 Å². The highest BCUT2D eigenvalue weighted by atomic mass is 15.1. The van der Waals surface area contributed by atoms with Gasteiger partial charge in [0.15, 0.2) is 5.65 Å². The van der Waals surface area contributed by atoms with E-state index in [-0.39, 0.29) is 0 Å². The first-order chi connectivity index (χ1) is 11.3. The zero-order valence-corrected chi connectivity index (χ0v) is 13.5. The highest BCUT2D eigenvalue weighted by molar-refractivity contribution is 5.77. The molecule has 118 valence electrons. The van der Waals surface area contributed by atoms with Gasteiger partial charge in [-0.3, -0.25) is 0 Å². The maximum atomic E-state index is 4.85. The molecule has 4 nitrogen and oxygen atoms in total. The van der Waals surface area contributed by atoms with Crippen LogP contribution in [0.5, 0.6) is 0 Å². The molecule has 0 atom stereocenters. The summed E-state index contributed by atoms with van der Waals surface area (Å²) in [5, 5.41) is 0. The van der Waals surface area contributed by atoms with Gasteiger partial charge in [-0.05, 0) is 51.0 Å². The fourth-order valence-corrected chi connectivity index (χ4v) is 3.44. The monoisotopic (exact) mass is 306 g/mol. The van der Waals surface area contributed by atoms with Crippen molar-refractivity contribution in [1.82, 2.24) is 19.4 Å². The molecule has 4 rings (SSSR count). The Morgan fingerprint density at radius 3 is 2.61 bits per heavy atom. The fraction of sp³-hybridized carbons (Fsp3) is 0.368. The van der Waals surface area contributed by atoms with E-state index in [4.69, 9.17) is 4.98 Å². The summed E-state index contributed by atoms with van der Waals surface area (Å²) in [7, 11) is 2.21. The van der Waals surface area contributed by atoms with Crippen molar-refractivity contribution >= 4 is 11.2 Å². The molecule has 0 N–H and O–H groups in total. The Hall–Kier alpha value is -2.20. The summed E-state index contributed by atoms with van der Waals surface area (Å²) in [6.45, 7) is 3.38. The SMILES string of the molecule is CN1CCC(Cn2c(-c3ccccc3)nc3cccnc32)CC1. The van der Waals surface area contributed by atoms with Gasteiger partial charge in [-0.1, -0.05) is 30.3 Å². The maximum Gasteiger partial charge on any atom is 0.160 e. The standard InChI is InChI=1S/C19H22N4/c1-22-12-9-15(10-13-22)14-23-18(16-6-3-2-4-7-16)21-17-8-5-11-20-19(17)23/h2-8,11,15H,9-10,12-14H2,1H3. The zero-order valence-electron chi connectivity index (χ0n) is 13.5. The van der Waals surface area contributed by atoms with E-state index in [0.717, 1.165) is 23.5 Å². The third-order valence-electron chi connectivity index (χ3n) is 4.81. The van der Waals surface area contributed by atoms with Gasteiger partial charge in [0.1, 0.15) is 11.3 Å². The summed E-state index contributed by atoms with van der Waals surface area (Å²) in [5.41, 5.74) is 3.16. The topological polar surface area (TPSA) is 34.0 Å². The van der Waals surface area contributed by atoms with Crippen molar-refractivity contribution in [1.29, 1.82) is 0 Å². The van der Waals surface area contributed by atoms with Gasteiger partial charge in [-0.2, -0.15) is 0 Å². The second kappa shape index (κ2) is 6.13. The van der Waals surface area contributed by atoms with Gasteiger partial charge in [0.05, 0.1) is 0 Å². The maximum absolute atomic E-state index is 4.85. The Balaban J connectivity index is 1.74. The molecule has 3 heterocycles. The number of pyridine rings is 1. The average Bonchev–Trinajstić information content (AvgIpc) is 2.96. The minimum absolute atomic E-state index is 0.702. The van der Waals surface area contributed by atoms with Crippen LogP contribution in [0.1, 0.15) is 12.8 Å². The first-order valence-corrected chi connectivity index (χ1v) is 8.36. The third kappa shape index (κ3) is 2.86. The highest BCUT2D eigenvalue weighted by Crippen LogP contribution is 2.27. The third-order valence-corrected chi connectivity index (χ3v) is 4.81. The van der Waals surface area contributed by atoms with Crippen LogP contribution in [0.3, 0.4) is 0 Å². The number of fused-ring (bicyclic) bond motifs is 1. The molecule has 0 unspecified atom stereocenters. The quantitative estimate of drug-likeness (QED) is 0.743.